The number of aromatic nitrogens is 2. The zero-order valence-corrected chi connectivity index (χ0v) is 22.9. The number of hydrogen-bond acceptors (Lipinski definition) is 5. The molecule has 2 aromatic heterocycles. The van der Waals surface area contributed by atoms with Crippen LogP contribution in [-0.2, 0) is 18.3 Å². The van der Waals surface area contributed by atoms with Crippen LogP contribution in [0.3, 0.4) is 0 Å². The number of ether oxygens (including phenoxy) is 1. The van der Waals surface area contributed by atoms with Gasteiger partial charge in [-0.05, 0) is 74.4 Å². The van der Waals surface area contributed by atoms with Crippen LogP contribution in [0.2, 0.25) is 0 Å². The molecule has 1 saturated heterocycles. The van der Waals surface area contributed by atoms with Crippen molar-refractivity contribution in [1.29, 1.82) is 5.26 Å². The molecule has 1 aliphatic rings. The summed E-state index contributed by atoms with van der Waals surface area (Å²) < 4.78 is 7.27. The van der Waals surface area contributed by atoms with E-state index >= 15 is 0 Å². The lowest BCUT2D eigenvalue weighted by Gasteiger charge is -2.46. The molecule has 7 nitrogen and oxygen atoms in total. The lowest BCUT2D eigenvalue weighted by molar-refractivity contribution is -0.142. The van der Waals surface area contributed by atoms with Crippen molar-refractivity contribution in [3.05, 3.63) is 58.4 Å². The van der Waals surface area contributed by atoms with E-state index in [0.717, 1.165) is 41.5 Å². The fourth-order valence-electron chi connectivity index (χ4n) is 5.70. The number of nitrogens with zero attached hydrogens (tertiary/aromatic N) is 4. The second kappa shape index (κ2) is 10.0. The Labute approximate surface area is 219 Å². The summed E-state index contributed by atoms with van der Waals surface area (Å²) in [6.07, 6.45) is 5.93. The number of ketones is 1. The van der Waals surface area contributed by atoms with Crippen LogP contribution in [0.4, 0.5) is 0 Å². The van der Waals surface area contributed by atoms with Crippen molar-refractivity contribution >= 4 is 22.7 Å². The zero-order valence-electron chi connectivity index (χ0n) is 22.9. The first-order valence-electron chi connectivity index (χ1n) is 12.8. The summed E-state index contributed by atoms with van der Waals surface area (Å²) >= 11 is 0. The summed E-state index contributed by atoms with van der Waals surface area (Å²) in [5.74, 6) is 0.868. The van der Waals surface area contributed by atoms with Gasteiger partial charge in [-0.15, -0.1) is 0 Å². The van der Waals surface area contributed by atoms with Crippen LogP contribution in [-0.4, -0.2) is 45.3 Å². The van der Waals surface area contributed by atoms with Crippen LogP contribution < -0.4 is 4.74 Å². The standard InChI is InChI=1S/C30H36N4O3/c1-18(2)29(36)34-11-10-21(14-30(34,4)5)24-17-33(6)28-27(24)19(3)23(16-32-28)13-25(35)20-8-9-26(37-7)22(12-20)15-31/h8-9,12,16-18,21H,10-11,13-14H2,1-7H3/t21-/m1/s1. The number of amides is 1. The van der Waals surface area contributed by atoms with Gasteiger partial charge in [-0.3, -0.25) is 9.59 Å². The molecule has 0 spiro atoms. The van der Waals surface area contributed by atoms with Crippen molar-refractivity contribution in [3.8, 4) is 11.8 Å². The van der Waals surface area contributed by atoms with Gasteiger partial charge in [0.1, 0.15) is 17.5 Å². The Morgan fingerprint density at radius 2 is 2.03 bits per heavy atom. The second-order valence-corrected chi connectivity index (χ2v) is 11.1. The monoisotopic (exact) mass is 500 g/mol. The molecule has 1 amide bonds. The molecular formula is C30H36N4O3. The molecule has 194 valence electrons. The number of piperidine rings is 1. The SMILES string of the molecule is COc1ccc(C(=O)Cc2cnc3c(c([C@@H]4CCN(C(=O)C(C)C)C(C)(C)C4)cn3C)c2C)cc1C#N. The fraction of sp³-hybridized carbons (Fsp3) is 0.467. The van der Waals surface area contributed by atoms with E-state index in [1.165, 1.54) is 12.7 Å². The predicted molar refractivity (Wildman–Crippen MR) is 144 cm³/mol. The Hall–Kier alpha value is -3.66. The van der Waals surface area contributed by atoms with E-state index in [9.17, 15) is 14.9 Å². The van der Waals surface area contributed by atoms with Gasteiger partial charge in [0.15, 0.2) is 5.78 Å². The quantitative estimate of drug-likeness (QED) is 0.427. The van der Waals surface area contributed by atoms with E-state index in [4.69, 9.17) is 9.72 Å². The number of pyridine rings is 1. The van der Waals surface area contributed by atoms with E-state index in [1.54, 1.807) is 24.4 Å². The molecule has 1 aliphatic heterocycles. The smallest absolute Gasteiger partial charge is 0.225 e. The van der Waals surface area contributed by atoms with E-state index in [2.05, 4.69) is 37.6 Å². The Morgan fingerprint density at radius 1 is 1.30 bits per heavy atom. The molecule has 1 aromatic carbocycles. The number of likely N-dealkylation sites (tertiary alicyclic amines) is 1. The minimum atomic E-state index is -0.242. The maximum Gasteiger partial charge on any atom is 0.225 e. The van der Waals surface area contributed by atoms with Gasteiger partial charge in [-0.2, -0.15) is 5.26 Å². The third kappa shape index (κ3) is 4.85. The first-order valence-corrected chi connectivity index (χ1v) is 12.8. The highest BCUT2D eigenvalue weighted by Gasteiger charge is 2.39. The molecule has 7 heteroatoms. The van der Waals surface area contributed by atoms with Crippen molar-refractivity contribution in [3.63, 3.8) is 0 Å². The van der Waals surface area contributed by atoms with Crippen LogP contribution in [0.25, 0.3) is 11.0 Å². The van der Waals surface area contributed by atoms with Gasteiger partial charge in [0.2, 0.25) is 5.91 Å². The van der Waals surface area contributed by atoms with Crippen molar-refractivity contribution in [2.75, 3.05) is 13.7 Å². The number of hydrogen-bond donors (Lipinski definition) is 0. The number of rotatable bonds is 6. The van der Waals surface area contributed by atoms with E-state index in [0.29, 0.717) is 22.8 Å². The number of Topliss-reactive ketones (excluding diaryl/α,β-unsaturated/α-hetero) is 1. The average Bonchev–Trinajstić information content (AvgIpc) is 3.21. The van der Waals surface area contributed by atoms with Crippen LogP contribution >= 0.6 is 0 Å². The summed E-state index contributed by atoms with van der Waals surface area (Å²) in [4.78, 5) is 32.8. The van der Waals surface area contributed by atoms with Crippen LogP contribution in [0.15, 0.2) is 30.6 Å². The maximum absolute atomic E-state index is 13.2. The van der Waals surface area contributed by atoms with Gasteiger partial charge in [-0.25, -0.2) is 4.98 Å². The molecule has 4 rings (SSSR count). The molecule has 0 saturated carbocycles. The molecule has 1 fully saturated rings. The van der Waals surface area contributed by atoms with E-state index in [1.807, 2.05) is 25.8 Å². The summed E-state index contributed by atoms with van der Waals surface area (Å²) in [5.41, 5.74) is 4.65. The first-order chi connectivity index (χ1) is 17.5. The van der Waals surface area contributed by atoms with Crippen LogP contribution in [0.1, 0.15) is 79.1 Å². The van der Waals surface area contributed by atoms with Gasteiger partial charge < -0.3 is 14.2 Å². The van der Waals surface area contributed by atoms with Crippen LogP contribution in [0.5, 0.6) is 5.75 Å². The second-order valence-electron chi connectivity index (χ2n) is 11.1. The van der Waals surface area contributed by atoms with E-state index < -0.39 is 0 Å². The third-order valence-electron chi connectivity index (χ3n) is 7.75. The molecule has 0 radical (unpaired) electrons. The molecule has 3 aromatic rings. The summed E-state index contributed by atoms with van der Waals surface area (Å²) in [5, 5.41) is 10.5. The van der Waals surface area contributed by atoms with Gasteiger partial charge >= 0.3 is 0 Å². The molecule has 0 bridgehead atoms. The summed E-state index contributed by atoms with van der Waals surface area (Å²) in [6.45, 7) is 11.0. The molecular weight excluding hydrogens is 464 g/mol. The highest BCUT2D eigenvalue weighted by molar-refractivity contribution is 5.99. The van der Waals surface area contributed by atoms with Crippen molar-refractivity contribution < 1.29 is 14.3 Å². The number of carbonyl (C=O) groups is 2. The minimum absolute atomic E-state index is 0.0186. The van der Waals surface area contributed by atoms with Crippen molar-refractivity contribution in [2.45, 2.75) is 65.3 Å². The first kappa shape index (κ1) is 26.4. The number of aryl methyl sites for hydroxylation is 2. The molecule has 3 heterocycles. The third-order valence-corrected chi connectivity index (χ3v) is 7.75. The molecule has 0 aliphatic carbocycles. The van der Waals surface area contributed by atoms with Crippen LogP contribution in [0, 0.1) is 24.2 Å². The number of nitriles is 1. The van der Waals surface area contributed by atoms with Crippen molar-refractivity contribution in [1.82, 2.24) is 14.5 Å². The predicted octanol–water partition coefficient (Wildman–Crippen LogP) is 5.33. The lowest BCUT2D eigenvalue weighted by Crippen LogP contribution is -2.53. The topological polar surface area (TPSA) is 88.2 Å². The van der Waals surface area contributed by atoms with E-state index in [-0.39, 0.29) is 29.6 Å². The maximum atomic E-state index is 13.2. The number of fused-ring (bicyclic) bond motifs is 1. The average molecular weight is 501 g/mol. The molecule has 1 atom stereocenters. The van der Waals surface area contributed by atoms with Gasteiger partial charge in [-0.1, -0.05) is 13.8 Å². The molecule has 0 N–H and O–H groups in total. The molecule has 37 heavy (non-hydrogen) atoms. The molecule has 0 unspecified atom stereocenters. The summed E-state index contributed by atoms with van der Waals surface area (Å²) in [6, 6.07) is 7.04. The number of methoxy groups -OCH3 is 1. The fourth-order valence-corrected chi connectivity index (χ4v) is 5.70. The normalized spacial score (nSPS) is 17.2. The van der Waals surface area contributed by atoms with Gasteiger partial charge in [0.05, 0.1) is 12.7 Å². The highest BCUT2D eigenvalue weighted by atomic mass is 16.5. The summed E-state index contributed by atoms with van der Waals surface area (Å²) in [7, 11) is 3.51. The van der Waals surface area contributed by atoms with Gasteiger partial charge in [0, 0.05) is 54.8 Å². The number of benzene rings is 1. The number of carbonyl (C=O) groups excluding carboxylic acids is 2. The van der Waals surface area contributed by atoms with Crippen molar-refractivity contribution in [2.24, 2.45) is 13.0 Å². The highest BCUT2D eigenvalue weighted by Crippen LogP contribution is 2.42. The largest absolute Gasteiger partial charge is 0.495 e. The lowest BCUT2D eigenvalue weighted by atomic mass is 9.78. The minimum Gasteiger partial charge on any atom is -0.495 e. The Kier molecular flexibility index (Phi) is 7.14. The van der Waals surface area contributed by atoms with Gasteiger partial charge in [0.25, 0.3) is 0 Å². The Morgan fingerprint density at radius 3 is 2.65 bits per heavy atom. The zero-order chi connectivity index (χ0) is 27.1. The Bertz CT molecular complexity index is 1410. The Balaban J connectivity index is 1.66.